The van der Waals surface area contributed by atoms with Crippen molar-refractivity contribution in [3.8, 4) is 0 Å². The zero-order valence-electron chi connectivity index (χ0n) is 27.3. The molecule has 1 aromatic carbocycles. The quantitative estimate of drug-likeness (QED) is 0.104. The Kier molecular flexibility index (Phi) is 15.6. The van der Waals surface area contributed by atoms with Gasteiger partial charge >= 0.3 is 11.9 Å². The molecule has 0 bridgehead atoms. The Labute approximate surface area is 261 Å². The van der Waals surface area contributed by atoms with Crippen LogP contribution in [0.15, 0.2) is 42.5 Å². The lowest BCUT2D eigenvalue weighted by atomic mass is 9.75. The van der Waals surface area contributed by atoms with Crippen molar-refractivity contribution in [3.05, 3.63) is 53.6 Å². The van der Waals surface area contributed by atoms with Gasteiger partial charge in [-0.3, -0.25) is 4.79 Å². The third-order valence-corrected chi connectivity index (χ3v) is 9.91. The number of unbranched alkanes of at least 4 members (excludes halogenated alkanes) is 4. The fourth-order valence-corrected chi connectivity index (χ4v) is 6.67. The highest BCUT2D eigenvalue weighted by Crippen LogP contribution is 2.39. The van der Waals surface area contributed by atoms with E-state index in [9.17, 15) is 14.7 Å². The highest BCUT2D eigenvalue weighted by atomic mass is 16.5. The van der Waals surface area contributed by atoms with Crippen LogP contribution in [0.2, 0.25) is 0 Å². The number of rotatable bonds is 18. The number of ether oxygens (including phenoxy) is 2. The second-order valence-electron chi connectivity index (χ2n) is 13.3. The van der Waals surface area contributed by atoms with E-state index in [0.29, 0.717) is 11.8 Å². The molecule has 240 valence electrons. The molecule has 0 spiro atoms. The van der Waals surface area contributed by atoms with Crippen LogP contribution in [0.4, 0.5) is 0 Å². The smallest absolute Gasteiger partial charge is 0.335 e. The van der Waals surface area contributed by atoms with E-state index in [4.69, 9.17) is 9.47 Å². The lowest BCUT2D eigenvalue weighted by molar-refractivity contribution is -0.151. The van der Waals surface area contributed by atoms with E-state index in [1.165, 1.54) is 74.5 Å². The van der Waals surface area contributed by atoms with Crippen molar-refractivity contribution in [3.63, 3.8) is 0 Å². The second kappa shape index (κ2) is 19.1. The maximum atomic E-state index is 12.3. The first kappa shape index (κ1) is 35.1. The molecule has 1 N–H and O–H groups in total. The molecule has 0 radical (unpaired) electrons. The van der Waals surface area contributed by atoms with E-state index in [1.807, 2.05) is 13.8 Å². The van der Waals surface area contributed by atoms with Crippen molar-refractivity contribution < 1.29 is 24.2 Å². The Hall–Kier alpha value is -2.40. The van der Waals surface area contributed by atoms with Gasteiger partial charge in [0.2, 0.25) is 0 Å². The molecule has 0 amide bonds. The van der Waals surface area contributed by atoms with Crippen molar-refractivity contribution in [1.82, 2.24) is 0 Å². The third-order valence-electron chi connectivity index (χ3n) is 9.91. The van der Waals surface area contributed by atoms with E-state index in [-0.39, 0.29) is 36.6 Å². The van der Waals surface area contributed by atoms with Gasteiger partial charge in [0.1, 0.15) is 0 Å². The number of esters is 2. The van der Waals surface area contributed by atoms with Crippen molar-refractivity contribution >= 4 is 17.5 Å². The Bertz CT molecular complexity index is 1020. The van der Waals surface area contributed by atoms with Gasteiger partial charge in [0.25, 0.3) is 0 Å². The fourth-order valence-electron chi connectivity index (χ4n) is 6.67. The average molecular weight is 595 g/mol. The summed E-state index contributed by atoms with van der Waals surface area (Å²) in [6.07, 6.45) is 20.7. The molecule has 1 saturated carbocycles. The van der Waals surface area contributed by atoms with Gasteiger partial charge in [-0.15, -0.1) is 0 Å². The predicted molar refractivity (Wildman–Crippen MR) is 176 cm³/mol. The summed E-state index contributed by atoms with van der Waals surface area (Å²) >= 11 is 0. The van der Waals surface area contributed by atoms with E-state index in [2.05, 4.69) is 43.8 Å². The molecule has 3 atom stereocenters. The molecule has 0 aliphatic heterocycles. The number of allylic oxidation sites excluding steroid dienone is 2. The summed E-state index contributed by atoms with van der Waals surface area (Å²) in [5, 5.41) is 9.18. The minimum absolute atomic E-state index is 0.0408. The summed E-state index contributed by atoms with van der Waals surface area (Å²) in [6.45, 7) is 9.67. The summed E-state index contributed by atoms with van der Waals surface area (Å²) in [7, 11) is 0. The first-order valence-electron chi connectivity index (χ1n) is 17.3. The van der Waals surface area contributed by atoms with Crippen LogP contribution >= 0.6 is 0 Å². The Morgan fingerprint density at radius 2 is 1.63 bits per heavy atom. The summed E-state index contributed by atoms with van der Waals surface area (Å²) in [5.41, 5.74) is 4.41. The molecule has 0 heterocycles. The predicted octanol–water partition coefficient (Wildman–Crippen LogP) is 9.19. The standard InChI is InChI=1S/C38H58O5/c1-5-7-8-9-10-11-30-12-16-33(17-13-30)35-20-22-36(23-21-35)34-18-14-31(15-19-34)24-32(26-42-37(40)28(3)6-2)27-43-38(41)29(4)25-39/h16,20-23,28,30-32,34,39H,4-15,17-19,24-27H2,1-3H3. The summed E-state index contributed by atoms with van der Waals surface area (Å²) < 4.78 is 11.0. The van der Waals surface area contributed by atoms with E-state index >= 15 is 0 Å². The van der Waals surface area contributed by atoms with Crippen LogP contribution < -0.4 is 0 Å². The third kappa shape index (κ3) is 11.9. The molecular weight excluding hydrogens is 536 g/mol. The monoisotopic (exact) mass is 594 g/mol. The molecule has 43 heavy (non-hydrogen) atoms. The van der Waals surface area contributed by atoms with Crippen molar-refractivity contribution in [1.29, 1.82) is 0 Å². The van der Waals surface area contributed by atoms with E-state index in [0.717, 1.165) is 44.4 Å². The first-order chi connectivity index (χ1) is 20.8. The van der Waals surface area contributed by atoms with Crippen LogP contribution in [-0.2, 0) is 19.1 Å². The molecule has 5 heteroatoms. The second-order valence-corrected chi connectivity index (χ2v) is 13.3. The molecule has 0 saturated heterocycles. The average Bonchev–Trinajstić information content (AvgIpc) is 3.05. The molecular formula is C38H58O5. The molecule has 1 fully saturated rings. The van der Waals surface area contributed by atoms with Gasteiger partial charge in [-0.1, -0.05) is 96.2 Å². The van der Waals surface area contributed by atoms with Gasteiger partial charge in [0.15, 0.2) is 0 Å². The Morgan fingerprint density at radius 3 is 2.26 bits per heavy atom. The number of carbonyl (C=O) groups is 2. The fraction of sp³-hybridized carbons (Fsp3) is 0.684. The minimum Gasteiger partial charge on any atom is -0.465 e. The molecule has 2 aliphatic carbocycles. The molecule has 3 unspecified atom stereocenters. The highest BCUT2D eigenvalue weighted by Gasteiger charge is 2.27. The first-order valence-corrected chi connectivity index (χ1v) is 17.3. The van der Waals surface area contributed by atoms with Gasteiger partial charge < -0.3 is 14.6 Å². The Balaban J connectivity index is 1.46. The largest absolute Gasteiger partial charge is 0.465 e. The van der Waals surface area contributed by atoms with Crippen LogP contribution in [0.25, 0.3) is 5.57 Å². The summed E-state index contributed by atoms with van der Waals surface area (Å²) in [4.78, 5) is 24.4. The molecule has 3 rings (SSSR count). The molecule has 0 aromatic heterocycles. The van der Waals surface area contributed by atoms with Crippen LogP contribution in [0.3, 0.4) is 0 Å². The number of benzene rings is 1. The maximum absolute atomic E-state index is 12.3. The van der Waals surface area contributed by atoms with Gasteiger partial charge in [-0.2, -0.15) is 0 Å². The van der Waals surface area contributed by atoms with Gasteiger partial charge in [0, 0.05) is 5.92 Å². The normalized spacial score (nSPS) is 21.9. The number of carbonyl (C=O) groups excluding carboxylic acids is 2. The van der Waals surface area contributed by atoms with Gasteiger partial charge in [-0.25, -0.2) is 4.79 Å². The van der Waals surface area contributed by atoms with E-state index in [1.54, 1.807) is 0 Å². The number of hydrogen-bond acceptors (Lipinski definition) is 5. The minimum atomic E-state index is -0.588. The van der Waals surface area contributed by atoms with Crippen LogP contribution in [0.1, 0.15) is 134 Å². The van der Waals surface area contributed by atoms with Crippen molar-refractivity contribution in [2.45, 2.75) is 123 Å². The molecule has 5 nitrogen and oxygen atoms in total. The number of hydrogen-bond donors (Lipinski definition) is 1. The van der Waals surface area contributed by atoms with Crippen LogP contribution in [0, 0.1) is 23.7 Å². The van der Waals surface area contributed by atoms with Crippen LogP contribution in [0.5, 0.6) is 0 Å². The van der Waals surface area contributed by atoms with Gasteiger partial charge in [-0.05, 0) is 92.2 Å². The highest BCUT2D eigenvalue weighted by molar-refractivity contribution is 5.87. The number of aliphatic hydroxyl groups is 1. The SMILES string of the molecule is C=C(CO)C(=O)OCC(COC(=O)C(C)CC)CC1CCC(c2ccc(C3=CCC(CCCCCCC)CC3)cc2)CC1. The van der Waals surface area contributed by atoms with Crippen molar-refractivity contribution in [2.75, 3.05) is 19.8 Å². The lowest BCUT2D eigenvalue weighted by Crippen LogP contribution is -2.27. The summed E-state index contributed by atoms with van der Waals surface area (Å²) in [6, 6.07) is 9.39. The van der Waals surface area contributed by atoms with Crippen molar-refractivity contribution in [2.24, 2.45) is 23.7 Å². The molecule has 1 aromatic rings. The zero-order chi connectivity index (χ0) is 31.0. The number of aliphatic hydroxyl groups excluding tert-OH is 1. The van der Waals surface area contributed by atoms with Crippen LogP contribution in [-0.4, -0.2) is 36.9 Å². The lowest BCUT2D eigenvalue weighted by Gasteiger charge is -2.31. The maximum Gasteiger partial charge on any atom is 0.335 e. The molecule has 2 aliphatic rings. The Morgan fingerprint density at radius 1 is 0.930 bits per heavy atom. The zero-order valence-corrected chi connectivity index (χ0v) is 27.3. The van der Waals surface area contributed by atoms with Gasteiger partial charge in [0.05, 0.1) is 31.3 Å². The summed E-state index contributed by atoms with van der Waals surface area (Å²) in [5.74, 6) is 0.967. The van der Waals surface area contributed by atoms with E-state index < -0.39 is 12.6 Å². The topological polar surface area (TPSA) is 72.8 Å².